The van der Waals surface area contributed by atoms with Crippen molar-refractivity contribution in [1.29, 1.82) is 0 Å². The maximum absolute atomic E-state index is 6.74. The summed E-state index contributed by atoms with van der Waals surface area (Å²) in [5.41, 5.74) is 7.27. The number of hydrogen-bond donors (Lipinski definition) is 1. The van der Waals surface area contributed by atoms with E-state index in [2.05, 4.69) is 13.8 Å². The van der Waals surface area contributed by atoms with E-state index >= 15 is 0 Å². The molecule has 0 saturated heterocycles. The first-order valence-corrected chi connectivity index (χ1v) is 6.35. The van der Waals surface area contributed by atoms with Crippen molar-refractivity contribution < 1.29 is 0 Å². The Morgan fingerprint density at radius 1 is 0.929 bits per heavy atom. The molecule has 2 N–H and O–H groups in total. The Morgan fingerprint density at radius 2 is 1.50 bits per heavy atom. The first-order valence-electron chi connectivity index (χ1n) is 6.35. The number of nitrogens with two attached hydrogens (primary N) is 1. The third kappa shape index (κ3) is 1.50. The molecule has 0 radical (unpaired) electrons. The Kier molecular flexibility index (Phi) is 2.63. The lowest BCUT2D eigenvalue weighted by Gasteiger charge is -2.51. The van der Waals surface area contributed by atoms with Crippen LogP contribution in [0.2, 0.25) is 0 Å². The maximum atomic E-state index is 6.74. The largest absolute Gasteiger partial charge is 0.324 e. The fourth-order valence-corrected chi connectivity index (χ4v) is 3.75. The van der Waals surface area contributed by atoms with Crippen LogP contribution < -0.4 is 5.73 Å². The van der Waals surface area contributed by atoms with Crippen molar-refractivity contribution in [3.8, 4) is 0 Å². The molecule has 0 heterocycles. The predicted octanol–water partition coefficient (Wildman–Crippen LogP) is 3.47. The highest BCUT2D eigenvalue weighted by Crippen LogP contribution is 2.50. The SMILES string of the molecule is CC1(C)CCCCC1(N)C1CCCC1. The van der Waals surface area contributed by atoms with E-state index in [1.165, 1.54) is 51.4 Å². The standard InChI is InChI=1S/C13H25N/c1-12(2)9-5-6-10-13(12,14)11-7-3-4-8-11/h11H,3-10,14H2,1-2H3. The first-order chi connectivity index (χ1) is 6.56. The van der Waals surface area contributed by atoms with Gasteiger partial charge in [0.05, 0.1) is 0 Å². The lowest BCUT2D eigenvalue weighted by Crippen LogP contribution is -2.59. The molecule has 2 aliphatic carbocycles. The monoisotopic (exact) mass is 195 g/mol. The molecule has 0 bridgehead atoms. The normalized spacial score (nSPS) is 38.8. The van der Waals surface area contributed by atoms with Crippen molar-refractivity contribution in [2.24, 2.45) is 17.1 Å². The van der Waals surface area contributed by atoms with Gasteiger partial charge in [0.15, 0.2) is 0 Å². The van der Waals surface area contributed by atoms with Crippen LogP contribution in [0.5, 0.6) is 0 Å². The summed E-state index contributed by atoms with van der Waals surface area (Å²) in [6, 6.07) is 0. The van der Waals surface area contributed by atoms with Gasteiger partial charge in [0.2, 0.25) is 0 Å². The van der Waals surface area contributed by atoms with Gasteiger partial charge in [-0.15, -0.1) is 0 Å². The highest BCUT2D eigenvalue weighted by molar-refractivity contribution is 5.05. The summed E-state index contributed by atoms with van der Waals surface area (Å²) in [5, 5.41) is 0. The Morgan fingerprint density at radius 3 is 2.07 bits per heavy atom. The summed E-state index contributed by atoms with van der Waals surface area (Å²) >= 11 is 0. The molecule has 1 unspecified atom stereocenters. The van der Waals surface area contributed by atoms with E-state index in [1.807, 2.05) is 0 Å². The molecule has 0 aliphatic heterocycles. The van der Waals surface area contributed by atoms with Crippen molar-refractivity contribution in [2.45, 2.75) is 70.8 Å². The summed E-state index contributed by atoms with van der Waals surface area (Å²) < 4.78 is 0. The topological polar surface area (TPSA) is 26.0 Å². The zero-order chi connectivity index (χ0) is 10.2. The van der Waals surface area contributed by atoms with Gasteiger partial charge in [-0.1, -0.05) is 39.5 Å². The predicted molar refractivity (Wildman–Crippen MR) is 61.1 cm³/mol. The Balaban J connectivity index is 2.17. The molecule has 0 aromatic carbocycles. The van der Waals surface area contributed by atoms with E-state index in [-0.39, 0.29) is 5.54 Å². The maximum Gasteiger partial charge on any atom is 0.0234 e. The summed E-state index contributed by atoms with van der Waals surface area (Å²) in [6.07, 6.45) is 11.0. The fourth-order valence-electron chi connectivity index (χ4n) is 3.75. The van der Waals surface area contributed by atoms with E-state index in [0.29, 0.717) is 5.41 Å². The zero-order valence-corrected chi connectivity index (χ0v) is 9.81. The third-order valence-corrected chi connectivity index (χ3v) is 4.99. The van der Waals surface area contributed by atoms with Crippen LogP contribution in [0.15, 0.2) is 0 Å². The molecule has 1 atom stereocenters. The average molecular weight is 195 g/mol. The van der Waals surface area contributed by atoms with Crippen LogP contribution in [0.25, 0.3) is 0 Å². The fraction of sp³-hybridized carbons (Fsp3) is 1.00. The van der Waals surface area contributed by atoms with Crippen molar-refractivity contribution in [2.75, 3.05) is 0 Å². The lowest BCUT2D eigenvalue weighted by atomic mass is 9.58. The van der Waals surface area contributed by atoms with Gasteiger partial charge in [-0.05, 0) is 37.0 Å². The highest BCUT2D eigenvalue weighted by atomic mass is 14.8. The molecule has 2 fully saturated rings. The van der Waals surface area contributed by atoms with E-state index in [4.69, 9.17) is 5.73 Å². The second-order valence-corrected chi connectivity index (χ2v) is 6.11. The van der Waals surface area contributed by atoms with Gasteiger partial charge in [0.25, 0.3) is 0 Å². The van der Waals surface area contributed by atoms with Crippen LogP contribution in [-0.2, 0) is 0 Å². The molecular weight excluding hydrogens is 170 g/mol. The van der Waals surface area contributed by atoms with Crippen LogP contribution >= 0.6 is 0 Å². The Hall–Kier alpha value is -0.0400. The van der Waals surface area contributed by atoms with Crippen LogP contribution in [0.3, 0.4) is 0 Å². The zero-order valence-electron chi connectivity index (χ0n) is 9.81. The minimum absolute atomic E-state index is 0.155. The van der Waals surface area contributed by atoms with E-state index in [0.717, 1.165) is 5.92 Å². The third-order valence-electron chi connectivity index (χ3n) is 4.99. The van der Waals surface area contributed by atoms with Gasteiger partial charge < -0.3 is 5.73 Å². The summed E-state index contributed by atoms with van der Waals surface area (Å²) in [6.45, 7) is 4.79. The Bertz CT molecular complexity index is 203. The minimum Gasteiger partial charge on any atom is -0.324 e. The second kappa shape index (κ2) is 3.52. The quantitative estimate of drug-likeness (QED) is 0.681. The van der Waals surface area contributed by atoms with Gasteiger partial charge >= 0.3 is 0 Å². The van der Waals surface area contributed by atoms with Gasteiger partial charge in [0, 0.05) is 5.54 Å². The molecule has 82 valence electrons. The molecule has 0 spiro atoms. The van der Waals surface area contributed by atoms with Gasteiger partial charge in [0.1, 0.15) is 0 Å². The average Bonchev–Trinajstić information content (AvgIpc) is 2.63. The van der Waals surface area contributed by atoms with Crippen molar-refractivity contribution >= 4 is 0 Å². The molecule has 1 heteroatoms. The molecule has 0 amide bonds. The van der Waals surface area contributed by atoms with Crippen molar-refractivity contribution in [3.05, 3.63) is 0 Å². The molecule has 1 nitrogen and oxygen atoms in total. The van der Waals surface area contributed by atoms with Gasteiger partial charge in [-0.2, -0.15) is 0 Å². The van der Waals surface area contributed by atoms with E-state index < -0.39 is 0 Å². The number of rotatable bonds is 1. The first kappa shape index (κ1) is 10.5. The highest BCUT2D eigenvalue weighted by Gasteiger charge is 2.48. The molecule has 2 saturated carbocycles. The summed E-state index contributed by atoms with van der Waals surface area (Å²) in [5.74, 6) is 0.817. The van der Waals surface area contributed by atoms with E-state index in [1.54, 1.807) is 0 Å². The van der Waals surface area contributed by atoms with Crippen LogP contribution in [0.4, 0.5) is 0 Å². The van der Waals surface area contributed by atoms with Crippen LogP contribution in [-0.4, -0.2) is 5.54 Å². The van der Waals surface area contributed by atoms with Gasteiger partial charge in [-0.3, -0.25) is 0 Å². The van der Waals surface area contributed by atoms with Crippen LogP contribution in [0.1, 0.15) is 65.2 Å². The number of hydrogen-bond acceptors (Lipinski definition) is 1. The lowest BCUT2D eigenvalue weighted by molar-refractivity contribution is 0.0461. The second-order valence-electron chi connectivity index (χ2n) is 6.11. The smallest absolute Gasteiger partial charge is 0.0234 e. The molecule has 2 aliphatic rings. The molecule has 14 heavy (non-hydrogen) atoms. The van der Waals surface area contributed by atoms with Crippen molar-refractivity contribution in [1.82, 2.24) is 0 Å². The van der Waals surface area contributed by atoms with Gasteiger partial charge in [-0.25, -0.2) is 0 Å². The molecule has 2 rings (SSSR count). The molecule has 0 aromatic heterocycles. The molecule has 0 aromatic rings. The summed E-state index contributed by atoms with van der Waals surface area (Å²) in [7, 11) is 0. The van der Waals surface area contributed by atoms with E-state index in [9.17, 15) is 0 Å². The van der Waals surface area contributed by atoms with Crippen LogP contribution in [0, 0.1) is 11.3 Å². The minimum atomic E-state index is 0.155. The Labute approximate surface area is 88.4 Å². The van der Waals surface area contributed by atoms with Crippen molar-refractivity contribution in [3.63, 3.8) is 0 Å². The summed E-state index contributed by atoms with van der Waals surface area (Å²) in [4.78, 5) is 0. The molecular formula is C13H25N.